The van der Waals surface area contributed by atoms with Gasteiger partial charge in [-0.25, -0.2) is 0 Å². The van der Waals surface area contributed by atoms with Crippen LogP contribution in [-0.4, -0.2) is 4.98 Å². The fourth-order valence-corrected chi connectivity index (χ4v) is 14.6. The third-order valence-corrected chi connectivity index (χ3v) is 17.9. The summed E-state index contributed by atoms with van der Waals surface area (Å²) in [5.41, 5.74) is 30.6. The van der Waals surface area contributed by atoms with Crippen LogP contribution in [0.25, 0.3) is 111 Å². The molecule has 13 rings (SSSR count). The number of rotatable bonds is 16. The third-order valence-electron chi connectivity index (χ3n) is 17.9. The number of hydrogen-bond donors (Lipinski definition) is 0. The van der Waals surface area contributed by atoms with E-state index in [1.54, 1.807) is 0 Å². The molecule has 0 saturated heterocycles. The molecular formula is C79H69N. The molecule has 11 aromatic rings. The first-order valence-corrected chi connectivity index (χ1v) is 29.5. The average molecular weight is 1030 g/mol. The molecule has 1 heterocycles. The van der Waals surface area contributed by atoms with Gasteiger partial charge in [-0.1, -0.05) is 266 Å². The number of hydrogen-bond acceptors (Lipinski definition) is 1. The summed E-state index contributed by atoms with van der Waals surface area (Å²) < 4.78 is 0. The molecule has 0 spiro atoms. The van der Waals surface area contributed by atoms with E-state index < -0.39 is 0 Å². The second-order valence-electron chi connectivity index (χ2n) is 22.6. The molecule has 0 fully saturated rings. The van der Waals surface area contributed by atoms with Crippen LogP contribution < -0.4 is 0 Å². The largest absolute Gasteiger partial charge is 0.256 e. The van der Waals surface area contributed by atoms with E-state index in [0.29, 0.717) is 0 Å². The van der Waals surface area contributed by atoms with Crippen LogP contribution in [0.3, 0.4) is 0 Å². The Labute approximate surface area is 474 Å². The minimum absolute atomic E-state index is 0.0194. The molecule has 0 amide bonds. The monoisotopic (exact) mass is 1030 g/mol. The zero-order chi connectivity index (χ0) is 54.2. The molecule has 1 heteroatoms. The topological polar surface area (TPSA) is 12.9 Å². The molecule has 0 saturated carbocycles. The van der Waals surface area contributed by atoms with Gasteiger partial charge in [0.25, 0.3) is 0 Å². The van der Waals surface area contributed by atoms with Gasteiger partial charge in [-0.3, -0.25) is 4.98 Å². The van der Waals surface area contributed by atoms with Gasteiger partial charge in [0.1, 0.15) is 0 Å². The summed E-state index contributed by atoms with van der Waals surface area (Å²) in [6.45, 7) is 9.39. The van der Waals surface area contributed by atoms with Gasteiger partial charge in [0, 0.05) is 22.6 Å². The van der Waals surface area contributed by atoms with Crippen LogP contribution >= 0.6 is 0 Å². The molecule has 1 aromatic heterocycles. The van der Waals surface area contributed by atoms with Gasteiger partial charge >= 0.3 is 0 Å². The predicted octanol–water partition coefficient (Wildman–Crippen LogP) is 22.2. The number of aromatic nitrogens is 1. The van der Waals surface area contributed by atoms with Crippen molar-refractivity contribution in [1.82, 2.24) is 4.98 Å². The van der Waals surface area contributed by atoms with E-state index in [2.05, 4.69) is 264 Å². The molecule has 0 unspecified atom stereocenters. The summed E-state index contributed by atoms with van der Waals surface area (Å²) in [7, 11) is 0. The summed E-state index contributed by atoms with van der Waals surface area (Å²) in [5, 5.41) is 0. The second-order valence-corrected chi connectivity index (χ2v) is 22.6. The molecular weight excluding hydrogens is 963 g/mol. The van der Waals surface area contributed by atoms with Gasteiger partial charge in [0.15, 0.2) is 0 Å². The van der Waals surface area contributed by atoms with Crippen LogP contribution in [0.15, 0.2) is 249 Å². The van der Waals surface area contributed by atoms with Crippen LogP contribution in [0, 0.1) is 0 Å². The lowest BCUT2D eigenvalue weighted by Gasteiger charge is -2.32. The molecule has 390 valence electrons. The van der Waals surface area contributed by atoms with Gasteiger partial charge in [-0.2, -0.15) is 0 Å². The Morgan fingerprint density at radius 1 is 0.250 bits per heavy atom. The summed E-state index contributed by atoms with van der Waals surface area (Å²) in [6, 6.07) is 91.8. The summed E-state index contributed by atoms with van der Waals surface area (Å²) in [5.74, 6) is 0. The Morgan fingerprint density at radius 3 is 1.06 bits per heavy atom. The molecule has 1 nitrogen and oxygen atoms in total. The highest BCUT2D eigenvalue weighted by atomic mass is 14.7. The van der Waals surface area contributed by atoms with Crippen LogP contribution in [0.1, 0.15) is 101 Å². The molecule has 0 bridgehead atoms. The molecule has 0 radical (unpaired) electrons. The predicted molar refractivity (Wildman–Crippen MR) is 340 cm³/mol. The minimum atomic E-state index is 0.0194. The standard InChI is InChI=1S/C79H69N/c1-5-46-78(47-6-2)70-27-17-15-25-64(70)66-44-42-62(51-72(66)78)54-30-38-60(39-31-54)76-68(56-21-11-9-12-22-56)53-69(57-34-36-58(37-35-57)74-29-19-20-50-80-74)75(59-23-13-10-14-24-59)77(76)61-40-32-55(33-41-61)63-43-45-67-65-26-16-18-28-71(65)79(48-7-3,49-8-4)73(67)52-63/h9-45,50-53H,5-8,46-49H2,1-4H3. The van der Waals surface area contributed by atoms with Crippen molar-refractivity contribution < 1.29 is 0 Å². The highest BCUT2D eigenvalue weighted by Crippen LogP contribution is 2.57. The highest BCUT2D eigenvalue weighted by Gasteiger charge is 2.43. The lowest BCUT2D eigenvalue weighted by Crippen LogP contribution is -2.25. The minimum Gasteiger partial charge on any atom is -0.256 e. The quantitative estimate of drug-likeness (QED) is 0.0940. The van der Waals surface area contributed by atoms with E-state index in [-0.39, 0.29) is 10.8 Å². The highest BCUT2D eigenvalue weighted by molar-refractivity contribution is 6.08. The SMILES string of the molecule is CCCC1(CCC)c2ccccc2-c2ccc(-c3ccc(-c4c(-c5ccccc5)cc(-c5ccc(-c6ccccn6)cc5)c(-c5ccccc5)c4-c4ccc(-c5ccc6c(c5)C(CCC)(CCC)c5ccccc5-6)cc4)cc3)cc21. The van der Waals surface area contributed by atoms with Gasteiger partial charge in [0.2, 0.25) is 0 Å². The van der Waals surface area contributed by atoms with Crippen molar-refractivity contribution in [2.75, 3.05) is 0 Å². The normalized spacial score (nSPS) is 13.3. The molecule has 80 heavy (non-hydrogen) atoms. The number of pyridine rings is 1. The van der Waals surface area contributed by atoms with E-state index in [9.17, 15) is 0 Å². The molecule has 2 aliphatic carbocycles. The van der Waals surface area contributed by atoms with Crippen molar-refractivity contribution in [3.8, 4) is 111 Å². The Bertz CT molecular complexity index is 3990. The fourth-order valence-electron chi connectivity index (χ4n) is 14.6. The number of nitrogens with zero attached hydrogens (tertiary/aromatic N) is 1. The summed E-state index contributed by atoms with van der Waals surface area (Å²) >= 11 is 0. The lowest BCUT2D eigenvalue weighted by atomic mass is 9.71. The maximum atomic E-state index is 4.72. The van der Waals surface area contributed by atoms with E-state index in [1.165, 1.54) is 117 Å². The summed E-state index contributed by atoms with van der Waals surface area (Å²) in [4.78, 5) is 4.72. The van der Waals surface area contributed by atoms with Gasteiger partial charge < -0.3 is 0 Å². The van der Waals surface area contributed by atoms with Crippen LogP contribution in [0.5, 0.6) is 0 Å². The Kier molecular flexibility index (Phi) is 13.7. The van der Waals surface area contributed by atoms with E-state index in [4.69, 9.17) is 4.98 Å². The first-order chi connectivity index (χ1) is 39.5. The zero-order valence-electron chi connectivity index (χ0n) is 46.8. The van der Waals surface area contributed by atoms with Crippen molar-refractivity contribution in [3.05, 3.63) is 271 Å². The van der Waals surface area contributed by atoms with Crippen molar-refractivity contribution in [2.24, 2.45) is 0 Å². The third kappa shape index (κ3) is 8.67. The van der Waals surface area contributed by atoms with E-state index in [1.807, 2.05) is 12.3 Å². The average Bonchev–Trinajstić information content (AvgIpc) is 4.07. The first kappa shape index (κ1) is 50.8. The van der Waals surface area contributed by atoms with Gasteiger partial charge in [-0.05, 0) is 178 Å². The molecule has 0 atom stereocenters. The summed E-state index contributed by atoms with van der Waals surface area (Å²) in [6.07, 6.45) is 11.0. The van der Waals surface area contributed by atoms with Crippen molar-refractivity contribution in [2.45, 2.75) is 89.9 Å². The zero-order valence-corrected chi connectivity index (χ0v) is 46.8. The Balaban J connectivity index is 1.01. The maximum absolute atomic E-state index is 4.72. The number of benzene rings is 10. The van der Waals surface area contributed by atoms with Crippen molar-refractivity contribution in [1.29, 1.82) is 0 Å². The lowest BCUT2D eigenvalue weighted by molar-refractivity contribution is 0.436. The maximum Gasteiger partial charge on any atom is 0.0701 e. The van der Waals surface area contributed by atoms with Gasteiger partial charge in [0.05, 0.1) is 5.69 Å². The fraction of sp³-hybridized carbons (Fsp3) is 0.177. The number of fused-ring (bicyclic) bond motifs is 6. The first-order valence-electron chi connectivity index (χ1n) is 29.5. The van der Waals surface area contributed by atoms with Crippen molar-refractivity contribution in [3.63, 3.8) is 0 Å². The van der Waals surface area contributed by atoms with E-state index in [0.717, 1.165) is 68.2 Å². The Morgan fingerprint density at radius 2 is 0.600 bits per heavy atom. The van der Waals surface area contributed by atoms with Crippen LogP contribution in [0.4, 0.5) is 0 Å². The van der Waals surface area contributed by atoms with E-state index >= 15 is 0 Å². The van der Waals surface area contributed by atoms with Gasteiger partial charge in [-0.15, -0.1) is 0 Å². The second kappa shape index (κ2) is 21.5. The van der Waals surface area contributed by atoms with Crippen LogP contribution in [-0.2, 0) is 10.8 Å². The van der Waals surface area contributed by atoms with Crippen LogP contribution in [0.2, 0.25) is 0 Å². The molecule has 0 N–H and O–H groups in total. The smallest absolute Gasteiger partial charge is 0.0701 e. The Hall–Kier alpha value is -8.65. The molecule has 0 aliphatic heterocycles. The van der Waals surface area contributed by atoms with Crippen molar-refractivity contribution >= 4 is 0 Å². The molecule has 10 aromatic carbocycles. The molecule has 2 aliphatic rings.